The van der Waals surface area contributed by atoms with Crippen LogP contribution < -0.4 is 0 Å². The molecule has 3 rings (SSSR count). The van der Waals surface area contributed by atoms with E-state index in [1.807, 2.05) is 29.6 Å². The zero-order valence-electron chi connectivity index (χ0n) is 9.68. The van der Waals surface area contributed by atoms with Crippen molar-refractivity contribution >= 4 is 34.5 Å². The predicted molar refractivity (Wildman–Crippen MR) is 80.8 cm³/mol. The second kappa shape index (κ2) is 5.29. The number of hydrogen-bond acceptors (Lipinski definition) is 3. The fourth-order valence-electron chi connectivity index (χ4n) is 1.69. The first-order valence-electron chi connectivity index (χ1n) is 5.55. The van der Waals surface area contributed by atoms with Crippen molar-refractivity contribution in [1.29, 1.82) is 0 Å². The van der Waals surface area contributed by atoms with E-state index in [1.165, 1.54) is 0 Å². The minimum absolute atomic E-state index is 0.659. The molecule has 0 aliphatic carbocycles. The first-order valence-corrected chi connectivity index (χ1v) is 7.19. The molecule has 5 heteroatoms. The molecule has 2 heterocycles. The summed E-state index contributed by atoms with van der Waals surface area (Å²) in [6.07, 6.45) is 3.40. The van der Waals surface area contributed by atoms with Crippen molar-refractivity contribution in [2.24, 2.45) is 0 Å². The summed E-state index contributed by atoms with van der Waals surface area (Å²) in [5, 5.41) is 4.24. The highest BCUT2D eigenvalue weighted by Gasteiger charge is 2.09. The number of hydrogen-bond donors (Lipinski definition) is 0. The van der Waals surface area contributed by atoms with Crippen LogP contribution >= 0.6 is 34.5 Å². The Morgan fingerprint density at radius 2 is 1.79 bits per heavy atom. The van der Waals surface area contributed by atoms with E-state index in [-0.39, 0.29) is 0 Å². The summed E-state index contributed by atoms with van der Waals surface area (Å²) in [6.45, 7) is 0. The number of benzene rings is 1. The van der Waals surface area contributed by atoms with Crippen LogP contribution in [0.3, 0.4) is 0 Å². The average Bonchev–Trinajstić information content (AvgIpc) is 2.89. The Hall–Kier alpha value is -1.42. The minimum atomic E-state index is 0.659. The van der Waals surface area contributed by atoms with Gasteiger partial charge in [-0.3, -0.25) is 4.98 Å². The summed E-state index contributed by atoms with van der Waals surface area (Å²) in [5.74, 6) is 0. The molecule has 0 saturated heterocycles. The van der Waals surface area contributed by atoms with E-state index in [1.54, 1.807) is 29.8 Å². The SMILES string of the molecule is Clc1ccc(-c2csc(-c3cnccc3Cl)n2)cc1. The quantitative estimate of drug-likeness (QED) is 0.652. The highest BCUT2D eigenvalue weighted by Crippen LogP contribution is 2.32. The lowest BCUT2D eigenvalue weighted by Gasteiger charge is -1.98. The fourth-order valence-corrected chi connectivity index (χ4v) is 2.91. The molecule has 0 spiro atoms. The molecule has 0 N–H and O–H groups in total. The molecule has 0 amide bonds. The molecule has 0 bridgehead atoms. The molecule has 0 aliphatic heterocycles. The van der Waals surface area contributed by atoms with E-state index in [0.29, 0.717) is 5.02 Å². The van der Waals surface area contributed by atoms with Gasteiger partial charge in [-0.15, -0.1) is 11.3 Å². The van der Waals surface area contributed by atoms with Gasteiger partial charge in [-0.25, -0.2) is 4.98 Å². The van der Waals surface area contributed by atoms with Gasteiger partial charge in [-0.05, 0) is 18.2 Å². The van der Waals surface area contributed by atoms with E-state index in [4.69, 9.17) is 23.2 Å². The fraction of sp³-hybridized carbons (Fsp3) is 0. The molecule has 0 unspecified atom stereocenters. The lowest BCUT2D eigenvalue weighted by Crippen LogP contribution is -1.82. The van der Waals surface area contributed by atoms with Crippen molar-refractivity contribution < 1.29 is 0 Å². The summed E-state index contributed by atoms with van der Waals surface area (Å²) in [5.41, 5.74) is 2.80. The molecule has 3 aromatic rings. The van der Waals surface area contributed by atoms with Gasteiger partial charge in [-0.2, -0.15) is 0 Å². The summed E-state index contributed by atoms with van der Waals surface area (Å²) >= 11 is 13.6. The van der Waals surface area contributed by atoms with Crippen LogP contribution in [0.4, 0.5) is 0 Å². The zero-order valence-corrected chi connectivity index (χ0v) is 12.0. The molecule has 0 atom stereocenters. The van der Waals surface area contributed by atoms with Crippen molar-refractivity contribution in [2.75, 3.05) is 0 Å². The van der Waals surface area contributed by atoms with Crippen LogP contribution in [0.25, 0.3) is 21.8 Å². The third-order valence-corrected chi connectivity index (χ3v) is 4.10. The van der Waals surface area contributed by atoms with Gasteiger partial charge in [0.05, 0.1) is 10.7 Å². The lowest BCUT2D eigenvalue weighted by molar-refractivity contribution is 1.31. The van der Waals surface area contributed by atoms with Gasteiger partial charge in [0.1, 0.15) is 5.01 Å². The smallest absolute Gasteiger partial charge is 0.127 e. The van der Waals surface area contributed by atoms with Crippen LogP contribution in [0.5, 0.6) is 0 Å². The maximum Gasteiger partial charge on any atom is 0.127 e. The van der Waals surface area contributed by atoms with Crippen molar-refractivity contribution in [1.82, 2.24) is 9.97 Å². The van der Waals surface area contributed by atoms with Crippen LogP contribution in [0.1, 0.15) is 0 Å². The summed E-state index contributed by atoms with van der Waals surface area (Å²) in [4.78, 5) is 8.67. The van der Waals surface area contributed by atoms with E-state index in [2.05, 4.69) is 9.97 Å². The molecule has 1 aromatic carbocycles. The Balaban J connectivity index is 2.00. The van der Waals surface area contributed by atoms with Crippen LogP contribution in [-0.4, -0.2) is 9.97 Å². The van der Waals surface area contributed by atoms with E-state index in [0.717, 1.165) is 26.9 Å². The summed E-state index contributed by atoms with van der Waals surface area (Å²) < 4.78 is 0. The Morgan fingerprint density at radius 1 is 1.00 bits per heavy atom. The second-order valence-corrected chi connectivity index (χ2v) is 5.60. The third kappa shape index (κ3) is 2.63. The molecule has 0 fully saturated rings. The highest BCUT2D eigenvalue weighted by atomic mass is 35.5. The standard InChI is InChI=1S/C14H8Cl2N2S/c15-10-3-1-9(2-4-10)13-8-19-14(18-13)11-7-17-6-5-12(11)16/h1-8H. The lowest BCUT2D eigenvalue weighted by atomic mass is 10.2. The van der Waals surface area contributed by atoms with Gasteiger partial charge < -0.3 is 0 Å². The highest BCUT2D eigenvalue weighted by molar-refractivity contribution is 7.13. The maximum absolute atomic E-state index is 6.14. The maximum atomic E-state index is 6.14. The van der Waals surface area contributed by atoms with Gasteiger partial charge in [0, 0.05) is 33.9 Å². The van der Waals surface area contributed by atoms with Gasteiger partial charge >= 0.3 is 0 Å². The number of rotatable bonds is 2. The Bertz CT molecular complexity index is 707. The van der Waals surface area contributed by atoms with Crippen LogP contribution in [-0.2, 0) is 0 Å². The van der Waals surface area contributed by atoms with E-state index < -0.39 is 0 Å². The topological polar surface area (TPSA) is 25.8 Å². The average molecular weight is 307 g/mol. The van der Waals surface area contributed by atoms with Crippen molar-refractivity contribution in [3.8, 4) is 21.8 Å². The molecular formula is C14H8Cl2N2S. The minimum Gasteiger partial charge on any atom is -0.264 e. The molecule has 2 nitrogen and oxygen atoms in total. The molecular weight excluding hydrogens is 299 g/mol. The van der Waals surface area contributed by atoms with Crippen molar-refractivity contribution in [3.05, 3.63) is 58.2 Å². The Kier molecular flexibility index (Phi) is 3.51. The van der Waals surface area contributed by atoms with Crippen LogP contribution in [0, 0.1) is 0 Å². The van der Waals surface area contributed by atoms with Gasteiger partial charge in [0.15, 0.2) is 0 Å². The molecule has 94 valence electrons. The summed E-state index contributed by atoms with van der Waals surface area (Å²) in [7, 11) is 0. The molecule has 0 saturated carbocycles. The second-order valence-electron chi connectivity index (χ2n) is 3.90. The Morgan fingerprint density at radius 3 is 2.53 bits per heavy atom. The zero-order chi connectivity index (χ0) is 13.2. The number of thiazole rings is 1. The third-order valence-electron chi connectivity index (χ3n) is 2.64. The number of aromatic nitrogens is 2. The normalized spacial score (nSPS) is 10.6. The summed E-state index contributed by atoms with van der Waals surface area (Å²) in [6, 6.07) is 9.37. The van der Waals surface area contributed by atoms with Crippen molar-refractivity contribution in [3.63, 3.8) is 0 Å². The first kappa shape index (κ1) is 12.6. The Labute approximate surface area is 124 Å². The van der Waals surface area contributed by atoms with E-state index in [9.17, 15) is 0 Å². The monoisotopic (exact) mass is 306 g/mol. The van der Waals surface area contributed by atoms with Gasteiger partial charge in [-0.1, -0.05) is 35.3 Å². The van der Waals surface area contributed by atoms with E-state index >= 15 is 0 Å². The predicted octanol–water partition coefficient (Wildman–Crippen LogP) is 5.18. The molecule has 0 aliphatic rings. The molecule has 19 heavy (non-hydrogen) atoms. The van der Waals surface area contributed by atoms with Gasteiger partial charge in [0.25, 0.3) is 0 Å². The number of pyridine rings is 1. The van der Waals surface area contributed by atoms with Crippen LogP contribution in [0.15, 0.2) is 48.1 Å². The molecule has 0 radical (unpaired) electrons. The number of halogens is 2. The largest absolute Gasteiger partial charge is 0.264 e. The first-order chi connectivity index (χ1) is 9.24. The van der Waals surface area contributed by atoms with Crippen molar-refractivity contribution in [2.45, 2.75) is 0 Å². The number of nitrogens with zero attached hydrogens (tertiary/aromatic N) is 2. The van der Waals surface area contributed by atoms with Crippen LogP contribution in [0.2, 0.25) is 10.0 Å². The van der Waals surface area contributed by atoms with Gasteiger partial charge in [0.2, 0.25) is 0 Å². The molecule has 2 aromatic heterocycles.